The number of piperidine rings is 1. The van der Waals surface area contributed by atoms with Crippen LogP contribution in [-0.4, -0.2) is 29.8 Å². The molecule has 0 spiro atoms. The lowest BCUT2D eigenvalue weighted by Gasteiger charge is -2.23. The van der Waals surface area contributed by atoms with Crippen LogP contribution in [0.3, 0.4) is 0 Å². The van der Waals surface area contributed by atoms with Crippen LogP contribution in [0, 0.1) is 5.92 Å². The number of nitrogens with zero attached hydrogens (tertiary/aromatic N) is 1. The van der Waals surface area contributed by atoms with E-state index in [-0.39, 0.29) is 24.0 Å². The molecule has 2 heterocycles. The molecule has 0 amide bonds. The van der Waals surface area contributed by atoms with Gasteiger partial charge in [0.05, 0.1) is 5.56 Å². The first-order valence-electron chi connectivity index (χ1n) is 8.15. The van der Waals surface area contributed by atoms with Gasteiger partial charge in [-0.05, 0) is 56.5 Å². The van der Waals surface area contributed by atoms with Gasteiger partial charge in [0, 0.05) is 17.8 Å². The van der Waals surface area contributed by atoms with Crippen LogP contribution >= 0.6 is 12.4 Å². The van der Waals surface area contributed by atoms with Crippen molar-refractivity contribution in [3.05, 3.63) is 34.3 Å². The topological polar surface area (TPSA) is 83.0 Å². The Hall–Kier alpha value is -2.00. The summed E-state index contributed by atoms with van der Waals surface area (Å²) >= 11 is 0. The first kappa shape index (κ1) is 20.3. The molecule has 1 aliphatic rings. The second-order valence-corrected chi connectivity index (χ2v) is 6.10. The quantitative estimate of drug-likeness (QED) is 0.727. The molecule has 1 unspecified atom stereocenters. The minimum Gasteiger partial charge on any atom is -0.388 e. The van der Waals surface area contributed by atoms with Crippen LogP contribution in [0.2, 0.25) is 0 Å². The maximum Gasteiger partial charge on any atom is 0.434 e. The molecule has 0 aliphatic carbocycles. The van der Waals surface area contributed by atoms with Crippen molar-refractivity contribution < 1.29 is 17.6 Å². The molecule has 6 nitrogen and oxygen atoms in total. The fourth-order valence-electron chi connectivity index (χ4n) is 3.01. The number of hydrogen-bond acceptors (Lipinski definition) is 5. The molecule has 1 aliphatic heterocycles. The number of halogens is 4. The summed E-state index contributed by atoms with van der Waals surface area (Å²) in [4.78, 5) is 11.0. The van der Waals surface area contributed by atoms with Crippen molar-refractivity contribution in [2.75, 3.05) is 25.0 Å². The first-order chi connectivity index (χ1) is 11.9. The molecule has 2 aromatic rings. The minimum atomic E-state index is -4.47. The van der Waals surface area contributed by atoms with Crippen molar-refractivity contribution in [2.24, 2.45) is 5.92 Å². The second-order valence-electron chi connectivity index (χ2n) is 6.10. The maximum atomic E-state index is 13.2. The summed E-state index contributed by atoms with van der Waals surface area (Å²) in [5.74, 6) is -0.337. The van der Waals surface area contributed by atoms with Crippen LogP contribution in [0.5, 0.6) is 0 Å². The molecule has 1 fully saturated rings. The van der Waals surface area contributed by atoms with Crippen LogP contribution in [0.4, 0.5) is 18.9 Å². The molecule has 0 saturated carbocycles. The van der Waals surface area contributed by atoms with Gasteiger partial charge < -0.3 is 15.1 Å². The lowest BCUT2D eigenvalue weighted by Crippen LogP contribution is -2.30. The molecule has 1 aromatic carbocycles. The molecule has 1 saturated heterocycles. The molecule has 0 radical (unpaired) electrons. The van der Waals surface area contributed by atoms with Crippen molar-refractivity contribution in [1.29, 1.82) is 0 Å². The zero-order valence-corrected chi connectivity index (χ0v) is 14.7. The van der Waals surface area contributed by atoms with Crippen molar-refractivity contribution in [2.45, 2.75) is 25.4 Å². The normalized spacial score (nSPS) is 17.6. The van der Waals surface area contributed by atoms with E-state index in [4.69, 9.17) is 4.42 Å². The monoisotopic (exact) mass is 392 g/mol. The van der Waals surface area contributed by atoms with Gasteiger partial charge in [0.1, 0.15) is 0 Å². The lowest BCUT2D eigenvalue weighted by atomic mass is 9.96. The Morgan fingerprint density at radius 3 is 2.77 bits per heavy atom. The minimum absolute atomic E-state index is 0. The molecule has 144 valence electrons. The summed E-state index contributed by atoms with van der Waals surface area (Å²) in [7, 11) is 0. The van der Waals surface area contributed by atoms with Gasteiger partial charge in [-0.1, -0.05) is 0 Å². The van der Waals surface area contributed by atoms with E-state index in [1.54, 1.807) is 0 Å². The zero-order valence-electron chi connectivity index (χ0n) is 13.9. The molecule has 3 N–H and O–H groups in total. The molecule has 1 aromatic heterocycles. The van der Waals surface area contributed by atoms with Crippen LogP contribution in [0.1, 0.15) is 24.8 Å². The highest BCUT2D eigenvalue weighted by molar-refractivity contribution is 5.85. The Kier molecular flexibility index (Phi) is 6.71. The van der Waals surface area contributed by atoms with Gasteiger partial charge in [-0.2, -0.15) is 13.2 Å². The maximum absolute atomic E-state index is 13.2. The standard InChI is InChI=1S/C16H19F3N4O2.ClH/c17-16(18,19)12-4-3-11(14-22-23-15(24)25-14)8-13(12)21-7-5-10-2-1-6-20-9-10;/h3-4,8,10,20-21H,1-2,5-7,9H2,(H,23,24);1H. The Morgan fingerprint density at radius 2 is 2.15 bits per heavy atom. The number of rotatable bonds is 5. The van der Waals surface area contributed by atoms with Crippen molar-refractivity contribution in [3.8, 4) is 11.5 Å². The fraction of sp³-hybridized carbons (Fsp3) is 0.500. The number of aromatic nitrogens is 2. The number of benzene rings is 1. The second kappa shape index (κ2) is 8.59. The smallest absolute Gasteiger partial charge is 0.388 e. The van der Waals surface area contributed by atoms with E-state index in [1.165, 1.54) is 12.1 Å². The van der Waals surface area contributed by atoms with Gasteiger partial charge in [-0.25, -0.2) is 9.89 Å². The largest absolute Gasteiger partial charge is 0.434 e. The third-order valence-corrected chi connectivity index (χ3v) is 4.28. The molecular formula is C16H20ClF3N4O2. The summed E-state index contributed by atoms with van der Waals surface area (Å²) in [6.07, 6.45) is -1.52. The predicted octanol–water partition coefficient (Wildman–Crippen LogP) is 3.27. The fourth-order valence-corrected chi connectivity index (χ4v) is 3.01. The highest BCUT2D eigenvalue weighted by Crippen LogP contribution is 2.37. The van der Waals surface area contributed by atoms with Crippen molar-refractivity contribution in [3.63, 3.8) is 0 Å². The van der Waals surface area contributed by atoms with E-state index < -0.39 is 17.5 Å². The van der Waals surface area contributed by atoms with Crippen LogP contribution < -0.4 is 16.4 Å². The van der Waals surface area contributed by atoms with Gasteiger partial charge in [-0.3, -0.25) is 0 Å². The Balaban J connectivity index is 0.00000243. The van der Waals surface area contributed by atoms with E-state index in [0.717, 1.165) is 38.4 Å². The Morgan fingerprint density at radius 1 is 1.35 bits per heavy atom. The average molecular weight is 393 g/mol. The summed E-state index contributed by atoms with van der Waals surface area (Å²) < 4.78 is 44.5. The summed E-state index contributed by atoms with van der Waals surface area (Å²) in [5.41, 5.74) is -0.497. The molecule has 26 heavy (non-hydrogen) atoms. The number of alkyl halides is 3. The first-order valence-corrected chi connectivity index (χ1v) is 8.15. The summed E-state index contributed by atoms with van der Waals surface area (Å²) in [5, 5.41) is 11.9. The van der Waals surface area contributed by atoms with E-state index in [2.05, 4.69) is 20.8 Å². The number of hydrogen-bond donors (Lipinski definition) is 3. The predicted molar refractivity (Wildman–Crippen MR) is 93.5 cm³/mol. The SMILES string of the molecule is Cl.O=c1[nH]nc(-c2ccc(C(F)(F)F)c(NCCC3CCCNC3)c2)o1. The van der Waals surface area contributed by atoms with E-state index >= 15 is 0 Å². The average Bonchev–Trinajstić information content (AvgIpc) is 3.01. The van der Waals surface area contributed by atoms with E-state index in [1.807, 2.05) is 0 Å². The number of nitrogens with one attached hydrogen (secondary N) is 3. The van der Waals surface area contributed by atoms with E-state index in [0.29, 0.717) is 18.0 Å². The highest BCUT2D eigenvalue weighted by Gasteiger charge is 2.33. The molecule has 1 atom stereocenters. The van der Waals surface area contributed by atoms with Crippen molar-refractivity contribution >= 4 is 18.1 Å². The summed E-state index contributed by atoms with van der Waals surface area (Å²) in [6, 6.07) is 3.51. The van der Waals surface area contributed by atoms with Crippen LogP contribution in [-0.2, 0) is 6.18 Å². The number of H-pyrrole nitrogens is 1. The third-order valence-electron chi connectivity index (χ3n) is 4.28. The summed E-state index contributed by atoms with van der Waals surface area (Å²) in [6.45, 7) is 2.33. The lowest BCUT2D eigenvalue weighted by molar-refractivity contribution is -0.136. The molecule has 3 rings (SSSR count). The van der Waals surface area contributed by atoms with Gasteiger partial charge in [0.15, 0.2) is 0 Å². The highest BCUT2D eigenvalue weighted by atomic mass is 35.5. The van der Waals surface area contributed by atoms with Gasteiger partial charge >= 0.3 is 11.9 Å². The molecule has 10 heteroatoms. The van der Waals surface area contributed by atoms with Gasteiger partial charge in [0.2, 0.25) is 5.89 Å². The van der Waals surface area contributed by atoms with Crippen molar-refractivity contribution in [1.82, 2.24) is 15.5 Å². The molecular weight excluding hydrogens is 373 g/mol. The van der Waals surface area contributed by atoms with Crippen LogP contribution in [0.25, 0.3) is 11.5 Å². The van der Waals surface area contributed by atoms with Gasteiger partial charge in [-0.15, -0.1) is 17.5 Å². The van der Waals surface area contributed by atoms with Crippen LogP contribution in [0.15, 0.2) is 27.4 Å². The third kappa shape index (κ3) is 5.01. The Labute approximate surface area is 154 Å². The number of aromatic amines is 1. The zero-order chi connectivity index (χ0) is 17.9. The number of anilines is 1. The van der Waals surface area contributed by atoms with E-state index in [9.17, 15) is 18.0 Å². The Bertz CT molecular complexity index is 769. The van der Waals surface area contributed by atoms with Gasteiger partial charge in [0.25, 0.3) is 0 Å². The molecule has 0 bridgehead atoms.